The van der Waals surface area contributed by atoms with Crippen LogP contribution in [0.4, 0.5) is 4.79 Å². The number of amides is 2. The first-order valence-corrected chi connectivity index (χ1v) is 8.90. The highest BCUT2D eigenvalue weighted by atomic mass is 16.5. The molecule has 0 unspecified atom stereocenters. The number of carbonyl (C=O) groups excluding carboxylic acids is 1. The van der Waals surface area contributed by atoms with E-state index >= 15 is 0 Å². The first kappa shape index (κ1) is 15.8. The number of urea groups is 1. The molecule has 1 aliphatic carbocycles. The van der Waals surface area contributed by atoms with Crippen LogP contribution >= 0.6 is 0 Å². The molecule has 1 aromatic rings. The normalized spacial score (nSPS) is 27.5. The first-order valence-electron chi connectivity index (χ1n) is 8.90. The molecule has 1 saturated carbocycles. The lowest BCUT2D eigenvalue weighted by Crippen LogP contribution is -2.42. The highest BCUT2D eigenvalue weighted by Crippen LogP contribution is 2.48. The summed E-state index contributed by atoms with van der Waals surface area (Å²) in [5.41, 5.74) is 1.64. The second-order valence-corrected chi connectivity index (χ2v) is 7.64. The van der Waals surface area contributed by atoms with Gasteiger partial charge in [0.05, 0.1) is 13.7 Å². The standard InChI is InChI=1S/C19H26N2O3/c1-23-16-4-2-15(3-5-16)19(6-7-19)12-20-17(22)21-10-8-18(13-21)9-11-24-14-18/h2-5H,6-14H2,1H3,(H,20,22)/t18-/m0/s1. The van der Waals surface area contributed by atoms with Crippen molar-refractivity contribution in [2.24, 2.45) is 5.41 Å². The van der Waals surface area contributed by atoms with Crippen LogP contribution in [-0.4, -0.2) is 50.9 Å². The molecule has 2 amide bonds. The Morgan fingerprint density at radius 1 is 1.25 bits per heavy atom. The van der Waals surface area contributed by atoms with Crippen molar-refractivity contribution < 1.29 is 14.3 Å². The quantitative estimate of drug-likeness (QED) is 0.923. The molecule has 1 aromatic carbocycles. The second-order valence-electron chi connectivity index (χ2n) is 7.64. The molecule has 1 atom stereocenters. The van der Waals surface area contributed by atoms with E-state index in [0.717, 1.165) is 64.3 Å². The molecule has 0 radical (unpaired) electrons. The van der Waals surface area contributed by atoms with Gasteiger partial charge in [-0.05, 0) is 43.4 Å². The molecule has 1 N–H and O–H groups in total. The Labute approximate surface area is 143 Å². The van der Waals surface area contributed by atoms with Crippen molar-refractivity contribution in [3.05, 3.63) is 29.8 Å². The van der Waals surface area contributed by atoms with E-state index in [0.29, 0.717) is 0 Å². The summed E-state index contributed by atoms with van der Waals surface area (Å²) in [6.07, 6.45) is 4.44. The topological polar surface area (TPSA) is 50.8 Å². The molecule has 2 aliphatic heterocycles. The smallest absolute Gasteiger partial charge is 0.317 e. The lowest BCUT2D eigenvalue weighted by atomic mass is 9.87. The molecule has 5 heteroatoms. The van der Waals surface area contributed by atoms with Crippen LogP contribution < -0.4 is 10.1 Å². The molecular weight excluding hydrogens is 304 g/mol. The summed E-state index contributed by atoms with van der Waals surface area (Å²) >= 11 is 0. The third-order valence-electron chi connectivity index (χ3n) is 6.04. The predicted molar refractivity (Wildman–Crippen MR) is 91.4 cm³/mol. The van der Waals surface area contributed by atoms with Gasteiger partial charge in [0.25, 0.3) is 0 Å². The van der Waals surface area contributed by atoms with Crippen LogP contribution in [0.25, 0.3) is 0 Å². The van der Waals surface area contributed by atoms with Gasteiger partial charge in [0, 0.05) is 37.1 Å². The van der Waals surface area contributed by atoms with E-state index in [9.17, 15) is 4.79 Å². The third-order valence-corrected chi connectivity index (χ3v) is 6.04. The van der Waals surface area contributed by atoms with Crippen molar-refractivity contribution in [1.82, 2.24) is 10.2 Å². The number of nitrogens with zero attached hydrogens (tertiary/aromatic N) is 1. The number of ether oxygens (including phenoxy) is 2. The van der Waals surface area contributed by atoms with Gasteiger partial charge in [-0.25, -0.2) is 4.79 Å². The van der Waals surface area contributed by atoms with Gasteiger partial charge in [0.15, 0.2) is 0 Å². The van der Waals surface area contributed by atoms with Gasteiger partial charge < -0.3 is 19.7 Å². The molecule has 4 rings (SSSR count). The van der Waals surface area contributed by atoms with Gasteiger partial charge >= 0.3 is 6.03 Å². The Balaban J connectivity index is 1.33. The van der Waals surface area contributed by atoms with Crippen molar-refractivity contribution in [3.63, 3.8) is 0 Å². The lowest BCUT2D eigenvalue weighted by Gasteiger charge is -2.24. The van der Waals surface area contributed by atoms with E-state index in [1.807, 2.05) is 17.0 Å². The average Bonchev–Trinajstić information content (AvgIpc) is 3.08. The summed E-state index contributed by atoms with van der Waals surface area (Å²) in [7, 11) is 1.68. The van der Waals surface area contributed by atoms with Crippen molar-refractivity contribution in [1.29, 1.82) is 0 Å². The molecule has 0 bridgehead atoms. The number of carbonyl (C=O) groups is 1. The van der Waals surface area contributed by atoms with Gasteiger partial charge in [-0.3, -0.25) is 0 Å². The Bertz CT molecular complexity index is 604. The number of benzene rings is 1. The highest BCUT2D eigenvalue weighted by molar-refractivity contribution is 5.75. The maximum Gasteiger partial charge on any atom is 0.317 e. The van der Waals surface area contributed by atoms with Crippen molar-refractivity contribution in [2.75, 3.05) is 40.0 Å². The fourth-order valence-corrected chi connectivity index (χ4v) is 4.10. The van der Waals surface area contributed by atoms with Crippen LogP contribution in [0.5, 0.6) is 5.75 Å². The van der Waals surface area contributed by atoms with E-state index in [1.165, 1.54) is 5.56 Å². The third kappa shape index (κ3) is 2.86. The molecule has 2 saturated heterocycles. The SMILES string of the molecule is COc1ccc(C2(CNC(=O)N3CC[C@]4(CCOC4)C3)CC2)cc1. The van der Waals surface area contributed by atoms with Crippen molar-refractivity contribution in [2.45, 2.75) is 31.1 Å². The molecular formula is C19H26N2O3. The summed E-state index contributed by atoms with van der Waals surface area (Å²) in [5, 5.41) is 3.18. The molecule has 24 heavy (non-hydrogen) atoms. The molecule has 3 fully saturated rings. The van der Waals surface area contributed by atoms with Crippen LogP contribution in [0.2, 0.25) is 0 Å². The zero-order chi connectivity index (χ0) is 16.6. The zero-order valence-electron chi connectivity index (χ0n) is 14.3. The van der Waals surface area contributed by atoms with Gasteiger partial charge in [-0.2, -0.15) is 0 Å². The molecule has 130 valence electrons. The van der Waals surface area contributed by atoms with Crippen molar-refractivity contribution >= 4 is 6.03 Å². The number of likely N-dealkylation sites (tertiary alicyclic amines) is 1. The predicted octanol–water partition coefficient (Wildman–Crippen LogP) is 2.55. The Morgan fingerprint density at radius 2 is 2.04 bits per heavy atom. The van der Waals surface area contributed by atoms with Crippen molar-refractivity contribution in [3.8, 4) is 5.75 Å². The monoisotopic (exact) mass is 330 g/mol. The number of methoxy groups -OCH3 is 1. The number of hydrogen-bond acceptors (Lipinski definition) is 3. The van der Waals surface area contributed by atoms with Gasteiger partial charge in [0.2, 0.25) is 0 Å². The van der Waals surface area contributed by atoms with Gasteiger partial charge in [-0.15, -0.1) is 0 Å². The molecule has 1 spiro atoms. The summed E-state index contributed by atoms with van der Waals surface area (Å²) in [5.74, 6) is 0.875. The fourth-order valence-electron chi connectivity index (χ4n) is 4.10. The molecule has 3 aliphatic rings. The van der Waals surface area contributed by atoms with E-state index in [1.54, 1.807) is 7.11 Å². The maximum atomic E-state index is 12.5. The van der Waals surface area contributed by atoms with Gasteiger partial charge in [-0.1, -0.05) is 12.1 Å². The fraction of sp³-hybridized carbons (Fsp3) is 0.632. The number of hydrogen-bond donors (Lipinski definition) is 1. The van der Waals surface area contributed by atoms with E-state index in [2.05, 4.69) is 17.4 Å². The second kappa shape index (κ2) is 5.96. The molecule has 2 heterocycles. The minimum atomic E-state index is 0.0820. The summed E-state index contributed by atoms with van der Waals surface area (Å²) < 4.78 is 10.8. The Hall–Kier alpha value is -1.75. The summed E-state index contributed by atoms with van der Waals surface area (Å²) in [6.45, 7) is 4.07. The van der Waals surface area contributed by atoms with Crippen LogP contribution in [0.1, 0.15) is 31.2 Å². The van der Waals surface area contributed by atoms with Crippen LogP contribution in [0.15, 0.2) is 24.3 Å². The Morgan fingerprint density at radius 3 is 2.67 bits per heavy atom. The average molecular weight is 330 g/mol. The minimum absolute atomic E-state index is 0.0820. The minimum Gasteiger partial charge on any atom is -0.497 e. The van der Waals surface area contributed by atoms with E-state index < -0.39 is 0 Å². The molecule has 0 aromatic heterocycles. The van der Waals surface area contributed by atoms with E-state index in [-0.39, 0.29) is 16.9 Å². The summed E-state index contributed by atoms with van der Waals surface area (Å²) in [4.78, 5) is 14.5. The zero-order valence-corrected chi connectivity index (χ0v) is 14.3. The Kier molecular flexibility index (Phi) is 3.91. The van der Waals surface area contributed by atoms with Crippen LogP contribution in [0.3, 0.4) is 0 Å². The lowest BCUT2D eigenvalue weighted by molar-refractivity contribution is 0.152. The number of rotatable bonds is 4. The largest absolute Gasteiger partial charge is 0.497 e. The number of nitrogens with one attached hydrogen (secondary N) is 1. The maximum absolute atomic E-state index is 12.5. The van der Waals surface area contributed by atoms with Crippen LogP contribution in [-0.2, 0) is 10.2 Å². The van der Waals surface area contributed by atoms with Gasteiger partial charge in [0.1, 0.15) is 5.75 Å². The highest BCUT2D eigenvalue weighted by Gasteiger charge is 2.46. The molecule has 5 nitrogen and oxygen atoms in total. The van der Waals surface area contributed by atoms with Crippen LogP contribution in [0, 0.1) is 5.41 Å². The summed E-state index contributed by atoms with van der Waals surface area (Å²) in [6, 6.07) is 8.33. The van der Waals surface area contributed by atoms with E-state index in [4.69, 9.17) is 9.47 Å². The first-order chi connectivity index (χ1) is 11.6.